The fourth-order valence-corrected chi connectivity index (χ4v) is 6.96. The Bertz CT molecular complexity index is 407. The zero-order valence-electron chi connectivity index (χ0n) is 15.7. The zero-order valence-corrected chi connectivity index (χ0v) is 15.7. The minimum absolute atomic E-state index is 0.756. The fourth-order valence-electron chi connectivity index (χ4n) is 6.96. The molecular weight excluding hydrogens is 280 g/mol. The lowest BCUT2D eigenvalue weighted by atomic mass is 9.68. The van der Waals surface area contributed by atoms with Crippen LogP contribution in [-0.4, -0.2) is 47.6 Å². The SMILES string of the molecule is CCN1CC(C2CCC3C(CCN3C(C)C)C2)CC2CCCC21. The van der Waals surface area contributed by atoms with Crippen LogP contribution >= 0.6 is 0 Å². The molecule has 2 saturated heterocycles. The van der Waals surface area contributed by atoms with Gasteiger partial charge in [0.15, 0.2) is 0 Å². The molecule has 0 aromatic carbocycles. The number of rotatable bonds is 3. The monoisotopic (exact) mass is 318 g/mol. The second kappa shape index (κ2) is 6.67. The lowest BCUT2D eigenvalue weighted by molar-refractivity contribution is 0.0255. The van der Waals surface area contributed by atoms with E-state index in [-0.39, 0.29) is 0 Å². The number of hydrogen-bond donors (Lipinski definition) is 0. The topological polar surface area (TPSA) is 6.48 Å². The summed E-state index contributed by atoms with van der Waals surface area (Å²) >= 11 is 0. The lowest BCUT2D eigenvalue weighted by Crippen LogP contribution is -2.49. The maximum absolute atomic E-state index is 2.87. The van der Waals surface area contributed by atoms with E-state index in [1.54, 1.807) is 12.8 Å². The molecule has 0 spiro atoms. The van der Waals surface area contributed by atoms with Crippen molar-refractivity contribution in [2.24, 2.45) is 23.7 Å². The molecule has 2 heteroatoms. The van der Waals surface area contributed by atoms with Gasteiger partial charge in [0.1, 0.15) is 0 Å². The van der Waals surface area contributed by atoms with E-state index < -0.39 is 0 Å². The lowest BCUT2D eigenvalue weighted by Gasteiger charge is -2.47. The molecule has 4 aliphatic rings. The zero-order chi connectivity index (χ0) is 16.0. The largest absolute Gasteiger partial charge is 0.300 e. The predicted molar refractivity (Wildman–Crippen MR) is 97.6 cm³/mol. The molecule has 0 bridgehead atoms. The highest BCUT2D eigenvalue weighted by Crippen LogP contribution is 2.47. The average Bonchev–Trinajstić information content (AvgIpc) is 3.19. The van der Waals surface area contributed by atoms with Crippen LogP contribution in [0.2, 0.25) is 0 Å². The summed E-state index contributed by atoms with van der Waals surface area (Å²) < 4.78 is 0. The number of nitrogens with zero attached hydrogens (tertiary/aromatic N) is 2. The summed E-state index contributed by atoms with van der Waals surface area (Å²) in [5.74, 6) is 4.12. The first-order chi connectivity index (χ1) is 11.2. The number of piperidine rings is 1. The standard InChI is InChI=1S/C21H38N2/c1-4-22-14-19(13-17-6-5-7-20(17)22)16-8-9-21-18(12-16)10-11-23(21)15(2)3/h15-21H,4-14H2,1-3H3. The Balaban J connectivity index is 1.40. The Morgan fingerprint density at radius 3 is 2.39 bits per heavy atom. The van der Waals surface area contributed by atoms with Crippen LogP contribution < -0.4 is 0 Å². The van der Waals surface area contributed by atoms with E-state index in [0.29, 0.717) is 0 Å². The predicted octanol–water partition coefficient (Wildman–Crippen LogP) is 4.40. The summed E-state index contributed by atoms with van der Waals surface area (Å²) in [7, 11) is 0. The van der Waals surface area contributed by atoms with Crippen molar-refractivity contribution in [3.63, 3.8) is 0 Å². The number of fused-ring (bicyclic) bond motifs is 2. The molecule has 6 unspecified atom stereocenters. The summed E-state index contributed by atoms with van der Waals surface area (Å²) in [6.45, 7) is 11.3. The minimum Gasteiger partial charge on any atom is -0.300 e. The van der Waals surface area contributed by atoms with Gasteiger partial charge in [-0.25, -0.2) is 0 Å². The van der Waals surface area contributed by atoms with Crippen molar-refractivity contribution in [3.05, 3.63) is 0 Å². The second-order valence-corrected chi connectivity index (χ2v) is 9.36. The number of hydrogen-bond acceptors (Lipinski definition) is 2. The molecule has 0 aromatic heterocycles. The number of likely N-dealkylation sites (tertiary alicyclic amines) is 2. The molecule has 0 radical (unpaired) electrons. The van der Waals surface area contributed by atoms with Gasteiger partial charge in [0.2, 0.25) is 0 Å². The van der Waals surface area contributed by atoms with Crippen LogP contribution in [0.4, 0.5) is 0 Å². The van der Waals surface area contributed by atoms with Crippen LogP contribution in [0, 0.1) is 23.7 Å². The van der Waals surface area contributed by atoms with Gasteiger partial charge in [0.25, 0.3) is 0 Å². The Morgan fingerprint density at radius 1 is 0.826 bits per heavy atom. The summed E-state index contributed by atoms with van der Waals surface area (Å²) in [6, 6.07) is 2.64. The third-order valence-corrected chi connectivity index (χ3v) is 8.07. The fraction of sp³-hybridized carbons (Fsp3) is 1.00. The van der Waals surface area contributed by atoms with Gasteiger partial charge in [-0.15, -0.1) is 0 Å². The Labute approximate surface area is 144 Å². The van der Waals surface area contributed by atoms with Crippen molar-refractivity contribution in [3.8, 4) is 0 Å². The molecule has 2 heterocycles. The van der Waals surface area contributed by atoms with Gasteiger partial charge in [0, 0.05) is 24.7 Å². The quantitative estimate of drug-likeness (QED) is 0.761. The smallest absolute Gasteiger partial charge is 0.0127 e. The molecule has 132 valence electrons. The van der Waals surface area contributed by atoms with Crippen LogP contribution in [-0.2, 0) is 0 Å². The maximum atomic E-state index is 2.87. The Hall–Kier alpha value is -0.0800. The van der Waals surface area contributed by atoms with Gasteiger partial charge in [0.05, 0.1) is 0 Å². The van der Waals surface area contributed by atoms with E-state index >= 15 is 0 Å². The molecule has 4 fully saturated rings. The Kier molecular flexibility index (Phi) is 4.75. The van der Waals surface area contributed by atoms with E-state index in [9.17, 15) is 0 Å². The van der Waals surface area contributed by atoms with Crippen molar-refractivity contribution in [2.75, 3.05) is 19.6 Å². The van der Waals surface area contributed by atoms with Crippen LogP contribution in [0.25, 0.3) is 0 Å². The van der Waals surface area contributed by atoms with Crippen molar-refractivity contribution in [1.29, 1.82) is 0 Å². The van der Waals surface area contributed by atoms with Crippen molar-refractivity contribution in [2.45, 2.75) is 90.3 Å². The highest BCUT2D eigenvalue weighted by atomic mass is 15.2. The van der Waals surface area contributed by atoms with Crippen molar-refractivity contribution in [1.82, 2.24) is 9.80 Å². The third-order valence-electron chi connectivity index (χ3n) is 8.07. The van der Waals surface area contributed by atoms with E-state index in [2.05, 4.69) is 30.6 Å². The molecule has 4 rings (SSSR count). The van der Waals surface area contributed by atoms with Gasteiger partial charge in [-0.3, -0.25) is 4.90 Å². The van der Waals surface area contributed by atoms with Crippen LogP contribution in [0.15, 0.2) is 0 Å². The van der Waals surface area contributed by atoms with Crippen LogP contribution in [0.5, 0.6) is 0 Å². The maximum Gasteiger partial charge on any atom is 0.0127 e. The summed E-state index contributed by atoms with van der Waals surface area (Å²) in [5, 5.41) is 0. The van der Waals surface area contributed by atoms with Gasteiger partial charge >= 0.3 is 0 Å². The first-order valence-corrected chi connectivity index (χ1v) is 10.7. The summed E-state index contributed by atoms with van der Waals surface area (Å²) in [5.41, 5.74) is 0. The van der Waals surface area contributed by atoms with Crippen molar-refractivity contribution < 1.29 is 0 Å². The molecular formula is C21H38N2. The third kappa shape index (κ3) is 2.99. The van der Waals surface area contributed by atoms with Gasteiger partial charge in [-0.1, -0.05) is 13.3 Å². The minimum atomic E-state index is 0.756. The first kappa shape index (κ1) is 16.4. The molecule has 2 aliphatic heterocycles. The molecule has 0 N–H and O–H groups in total. The van der Waals surface area contributed by atoms with E-state index in [4.69, 9.17) is 0 Å². The Morgan fingerprint density at radius 2 is 1.61 bits per heavy atom. The van der Waals surface area contributed by atoms with E-state index in [0.717, 1.165) is 41.8 Å². The van der Waals surface area contributed by atoms with E-state index in [1.807, 2.05) is 0 Å². The summed E-state index contributed by atoms with van der Waals surface area (Å²) in [4.78, 5) is 5.68. The van der Waals surface area contributed by atoms with Gasteiger partial charge in [-0.2, -0.15) is 0 Å². The van der Waals surface area contributed by atoms with Crippen LogP contribution in [0.1, 0.15) is 72.1 Å². The van der Waals surface area contributed by atoms with E-state index in [1.165, 1.54) is 58.2 Å². The highest BCUT2D eigenvalue weighted by Gasteiger charge is 2.45. The van der Waals surface area contributed by atoms with Gasteiger partial charge in [-0.05, 0) is 95.6 Å². The second-order valence-electron chi connectivity index (χ2n) is 9.36. The molecule has 2 aliphatic carbocycles. The van der Waals surface area contributed by atoms with Crippen LogP contribution in [0.3, 0.4) is 0 Å². The molecule has 2 nitrogen and oxygen atoms in total. The van der Waals surface area contributed by atoms with Gasteiger partial charge < -0.3 is 4.90 Å². The normalized spacial score (nSPS) is 45.4. The first-order valence-electron chi connectivity index (χ1n) is 10.7. The van der Waals surface area contributed by atoms with Crippen molar-refractivity contribution >= 4 is 0 Å². The molecule has 6 atom stereocenters. The molecule has 23 heavy (non-hydrogen) atoms. The molecule has 0 amide bonds. The average molecular weight is 319 g/mol. The summed E-state index contributed by atoms with van der Waals surface area (Å²) in [6.07, 6.45) is 12.1. The molecule has 0 aromatic rings. The molecule has 2 saturated carbocycles. The highest BCUT2D eigenvalue weighted by molar-refractivity contribution is 4.98.